The minimum absolute atomic E-state index is 0. The standard InChI is InChI=1S/C11H23N3O.HI/c1-11(2,15-3)8-14-10(12)13-7-9-5-4-6-9;/h9H,4-8H2,1-3H3,(H3,12,13,14);1H. The van der Waals surface area contributed by atoms with E-state index in [-0.39, 0.29) is 29.6 Å². The maximum absolute atomic E-state index is 5.75. The Bertz CT molecular complexity index is 227. The number of guanidine groups is 1. The first kappa shape index (κ1) is 16.0. The molecule has 0 atom stereocenters. The second-order valence-corrected chi connectivity index (χ2v) is 4.84. The normalized spacial score (nSPS) is 17.6. The highest BCUT2D eigenvalue weighted by Gasteiger charge is 2.18. The van der Waals surface area contributed by atoms with Gasteiger partial charge in [0.05, 0.1) is 12.1 Å². The molecular formula is C11H24IN3O. The Hall–Kier alpha value is -0.0400. The van der Waals surface area contributed by atoms with Crippen molar-refractivity contribution in [3.8, 4) is 0 Å². The Morgan fingerprint density at radius 1 is 1.50 bits per heavy atom. The van der Waals surface area contributed by atoms with Crippen molar-refractivity contribution < 1.29 is 4.74 Å². The lowest BCUT2D eigenvalue weighted by molar-refractivity contribution is 0.0311. The molecular weight excluding hydrogens is 317 g/mol. The van der Waals surface area contributed by atoms with Crippen molar-refractivity contribution in [2.24, 2.45) is 16.6 Å². The SMILES string of the molecule is COC(C)(C)CN=C(N)NCC1CCC1.I. The molecule has 4 nitrogen and oxygen atoms in total. The van der Waals surface area contributed by atoms with Gasteiger partial charge in [0.15, 0.2) is 5.96 Å². The van der Waals surface area contributed by atoms with Crippen molar-refractivity contribution >= 4 is 29.9 Å². The van der Waals surface area contributed by atoms with Gasteiger partial charge in [-0.15, -0.1) is 24.0 Å². The van der Waals surface area contributed by atoms with Crippen LogP contribution in [0.4, 0.5) is 0 Å². The van der Waals surface area contributed by atoms with Gasteiger partial charge in [-0.2, -0.15) is 0 Å². The predicted octanol–water partition coefficient (Wildman–Crippen LogP) is 1.73. The summed E-state index contributed by atoms with van der Waals surface area (Å²) in [6.07, 6.45) is 4.01. The second kappa shape index (κ2) is 7.32. The van der Waals surface area contributed by atoms with Crippen molar-refractivity contribution in [2.45, 2.75) is 38.7 Å². The van der Waals surface area contributed by atoms with Crippen LogP contribution in [0.3, 0.4) is 0 Å². The van der Waals surface area contributed by atoms with Crippen LogP contribution in [-0.2, 0) is 4.74 Å². The molecule has 0 unspecified atom stereocenters. The molecule has 0 aromatic carbocycles. The molecule has 0 radical (unpaired) electrons. The van der Waals surface area contributed by atoms with Gasteiger partial charge in [-0.25, -0.2) is 0 Å². The summed E-state index contributed by atoms with van der Waals surface area (Å²) in [7, 11) is 1.69. The lowest BCUT2D eigenvalue weighted by Crippen LogP contribution is -2.38. The average molecular weight is 341 g/mol. The molecule has 1 rings (SSSR count). The Labute approximate surface area is 115 Å². The van der Waals surface area contributed by atoms with Crippen LogP contribution in [0.25, 0.3) is 0 Å². The molecule has 96 valence electrons. The van der Waals surface area contributed by atoms with Crippen molar-refractivity contribution in [3.05, 3.63) is 0 Å². The lowest BCUT2D eigenvalue weighted by atomic mass is 9.85. The molecule has 5 heteroatoms. The minimum Gasteiger partial charge on any atom is -0.377 e. The van der Waals surface area contributed by atoms with Gasteiger partial charge in [0.1, 0.15) is 0 Å². The number of ether oxygens (including phenoxy) is 1. The zero-order chi connectivity index (χ0) is 11.3. The topological polar surface area (TPSA) is 59.6 Å². The lowest BCUT2D eigenvalue weighted by Gasteiger charge is -2.26. The highest BCUT2D eigenvalue weighted by Crippen LogP contribution is 2.24. The monoisotopic (exact) mass is 341 g/mol. The molecule has 0 bridgehead atoms. The Morgan fingerprint density at radius 2 is 2.12 bits per heavy atom. The third kappa shape index (κ3) is 5.89. The quantitative estimate of drug-likeness (QED) is 0.455. The fourth-order valence-corrected chi connectivity index (χ4v) is 1.34. The van der Waals surface area contributed by atoms with Crippen LogP contribution in [-0.4, -0.2) is 31.8 Å². The number of hydrogen-bond acceptors (Lipinski definition) is 2. The summed E-state index contributed by atoms with van der Waals surface area (Å²) in [6.45, 7) is 5.54. The summed E-state index contributed by atoms with van der Waals surface area (Å²) in [4.78, 5) is 4.26. The van der Waals surface area contributed by atoms with Crippen molar-refractivity contribution in [1.82, 2.24) is 5.32 Å². The summed E-state index contributed by atoms with van der Waals surface area (Å²) in [5, 5.41) is 3.15. The zero-order valence-electron chi connectivity index (χ0n) is 10.5. The number of aliphatic imine (C=N–C) groups is 1. The van der Waals surface area contributed by atoms with E-state index in [0.29, 0.717) is 12.5 Å². The van der Waals surface area contributed by atoms with E-state index < -0.39 is 0 Å². The van der Waals surface area contributed by atoms with E-state index in [0.717, 1.165) is 12.5 Å². The highest BCUT2D eigenvalue weighted by atomic mass is 127. The third-order valence-electron chi connectivity index (χ3n) is 2.98. The smallest absolute Gasteiger partial charge is 0.188 e. The van der Waals surface area contributed by atoms with E-state index in [4.69, 9.17) is 10.5 Å². The van der Waals surface area contributed by atoms with Gasteiger partial charge in [0.25, 0.3) is 0 Å². The van der Waals surface area contributed by atoms with Gasteiger partial charge >= 0.3 is 0 Å². The molecule has 1 fully saturated rings. The number of methoxy groups -OCH3 is 1. The Morgan fingerprint density at radius 3 is 2.56 bits per heavy atom. The third-order valence-corrected chi connectivity index (χ3v) is 2.98. The number of nitrogens with zero attached hydrogens (tertiary/aromatic N) is 1. The Kier molecular flexibility index (Phi) is 7.30. The van der Waals surface area contributed by atoms with Crippen LogP contribution in [0.1, 0.15) is 33.1 Å². The predicted molar refractivity (Wildman–Crippen MR) is 78.3 cm³/mol. The molecule has 0 amide bonds. The Balaban J connectivity index is 0.00000225. The number of hydrogen-bond donors (Lipinski definition) is 2. The second-order valence-electron chi connectivity index (χ2n) is 4.84. The maximum atomic E-state index is 5.75. The van der Waals surface area contributed by atoms with Crippen LogP contribution in [0, 0.1) is 5.92 Å². The summed E-state index contributed by atoms with van der Waals surface area (Å²) in [5.74, 6) is 1.33. The van der Waals surface area contributed by atoms with E-state index in [1.165, 1.54) is 19.3 Å². The summed E-state index contributed by atoms with van der Waals surface area (Å²) in [6, 6.07) is 0. The van der Waals surface area contributed by atoms with Crippen molar-refractivity contribution in [3.63, 3.8) is 0 Å². The number of nitrogens with one attached hydrogen (secondary N) is 1. The van der Waals surface area contributed by atoms with Crippen LogP contribution in [0.15, 0.2) is 4.99 Å². The first-order valence-corrected chi connectivity index (χ1v) is 5.62. The first-order valence-electron chi connectivity index (χ1n) is 5.62. The van der Waals surface area contributed by atoms with Crippen LogP contribution < -0.4 is 11.1 Å². The number of halogens is 1. The van der Waals surface area contributed by atoms with Gasteiger partial charge in [0.2, 0.25) is 0 Å². The van der Waals surface area contributed by atoms with Crippen LogP contribution in [0.2, 0.25) is 0 Å². The molecule has 0 aliphatic heterocycles. The molecule has 0 spiro atoms. The van der Waals surface area contributed by atoms with Gasteiger partial charge < -0.3 is 15.8 Å². The summed E-state index contributed by atoms with van der Waals surface area (Å²) in [5.41, 5.74) is 5.51. The fourth-order valence-electron chi connectivity index (χ4n) is 1.34. The average Bonchev–Trinajstić information content (AvgIpc) is 2.13. The van der Waals surface area contributed by atoms with Gasteiger partial charge in [-0.1, -0.05) is 6.42 Å². The molecule has 0 saturated heterocycles. The van der Waals surface area contributed by atoms with E-state index in [1.54, 1.807) is 7.11 Å². The van der Waals surface area contributed by atoms with Gasteiger partial charge in [-0.3, -0.25) is 4.99 Å². The van der Waals surface area contributed by atoms with Crippen molar-refractivity contribution in [2.75, 3.05) is 20.2 Å². The summed E-state index contributed by atoms with van der Waals surface area (Å²) < 4.78 is 5.26. The van der Waals surface area contributed by atoms with E-state index in [1.807, 2.05) is 13.8 Å². The molecule has 3 N–H and O–H groups in total. The zero-order valence-corrected chi connectivity index (χ0v) is 12.8. The van der Waals surface area contributed by atoms with E-state index in [2.05, 4.69) is 10.3 Å². The highest BCUT2D eigenvalue weighted by molar-refractivity contribution is 14.0. The minimum atomic E-state index is -0.233. The fraction of sp³-hybridized carbons (Fsp3) is 0.909. The number of nitrogens with two attached hydrogens (primary N) is 1. The molecule has 16 heavy (non-hydrogen) atoms. The van der Waals surface area contributed by atoms with Crippen molar-refractivity contribution in [1.29, 1.82) is 0 Å². The molecule has 0 aromatic heterocycles. The first-order chi connectivity index (χ1) is 7.03. The van der Waals surface area contributed by atoms with E-state index >= 15 is 0 Å². The molecule has 0 heterocycles. The maximum Gasteiger partial charge on any atom is 0.188 e. The summed E-state index contributed by atoms with van der Waals surface area (Å²) >= 11 is 0. The van der Waals surface area contributed by atoms with E-state index in [9.17, 15) is 0 Å². The molecule has 1 aliphatic carbocycles. The van der Waals surface area contributed by atoms with Crippen LogP contribution in [0.5, 0.6) is 0 Å². The van der Waals surface area contributed by atoms with Crippen LogP contribution >= 0.6 is 24.0 Å². The molecule has 0 aromatic rings. The van der Waals surface area contributed by atoms with Gasteiger partial charge in [-0.05, 0) is 32.6 Å². The molecule has 1 aliphatic rings. The van der Waals surface area contributed by atoms with Gasteiger partial charge in [0, 0.05) is 13.7 Å². The molecule has 1 saturated carbocycles. The number of rotatable bonds is 5. The largest absolute Gasteiger partial charge is 0.377 e.